The van der Waals surface area contributed by atoms with E-state index in [4.69, 9.17) is 0 Å². The second kappa shape index (κ2) is 4.21. The third kappa shape index (κ3) is 2.29. The summed E-state index contributed by atoms with van der Waals surface area (Å²) in [4.78, 5) is 7.06. The molecular formula is C13H23N3. The van der Waals surface area contributed by atoms with Crippen LogP contribution in [0.5, 0.6) is 0 Å². The van der Waals surface area contributed by atoms with Gasteiger partial charge in [0.25, 0.3) is 0 Å². The Kier molecular flexibility index (Phi) is 3.06. The fourth-order valence-electron chi connectivity index (χ4n) is 2.43. The van der Waals surface area contributed by atoms with Gasteiger partial charge in [0.15, 0.2) is 0 Å². The maximum absolute atomic E-state index is 4.57. The first-order chi connectivity index (χ1) is 7.48. The summed E-state index contributed by atoms with van der Waals surface area (Å²) in [5.41, 5.74) is 1.51. The fourth-order valence-corrected chi connectivity index (χ4v) is 2.43. The lowest BCUT2D eigenvalue weighted by Crippen LogP contribution is -2.22. The van der Waals surface area contributed by atoms with Crippen LogP contribution in [-0.2, 0) is 19.0 Å². The zero-order valence-electron chi connectivity index (χ0n) is 11.0. The molecule has 0 amide bonds. The summed E-state index contributed by atoms with van der Waals surface area (Å²) in [6, 6.07) is 0. The molecule has 1 aliphatic heterocycles. The van der Waals surface area contributed by atoms with E-state index in [1.165, 1.54) is 37.4 Å². The van der Waals surface area contributed by atoms with Crippen LogP contribution in [0.25, 0.3) is 0 Å². The van der Waals surface area contributed by atoms with Crippen LogP contribution in [0.15, 0.2) is 6.20 Å². The van der Waals surface area contributed by atoms with E-state index >= 15 is 0 Å². The Morgan fingerprint density at radius 2 is 1.88 bits per heavy atom. The smallest absolute Gasteiger partial charge is 0.122 e. The normalized spacial score (nSPS) is 18.2. The van der Waals surface area contributed by atoms with E-state index in [-0.39, 0.29) is 5.41 Å². The van der Waals surface area contributed by atoms with Crippen molar-refractivity contribution in [3.63, 3.8) is 0 Å². The van der Waals surface area contributed by atoms with Crippen LogP contribution in [0.1, 0.15) is 45.1 Å². The number of imidazole rings is 1. The van der Waals surface area contributed by atoms with Gasteiger partial charge in [-0.3, -0.25) is 4.90 Å². The quantitative estimate of drug-likeness (QED) is 0.764. The number of rotatable bonds is 2. The number of nitrogens with zero attached hydrogens (tertiary/aromatic N) is 3. The van der Waals surface area contributed by atoms with E-state index < -0.39 is 0 Å². The lowest BCUT2D eigenvalue weighted by atomic mass is 9.93. The minimum atomic E-state index is 0.186. The third-order valence-electron chi connectivity index (χ3n) is 3.42. The van der Waals surface area contributed by atoms with Crippen molar-refractivity contribution in [3.8, 4) is 0 Å². The molecule has 0 N–H and O–H groups in total. The fraction of sp³-hybridized carbons (Fsp3) is 0.769. The largest absolute Gasteiger partial charge is 0.334 e. The SMILES string of the molecule is Cn1c(C(C)(C)C)cnc1CN1CCCC1. The van der Waals surface area contributed by atoms with Gasteiger partial charge in [0.05, 0.1) is 6.54 Å². The highest BCUT2D eigenvalue weighted by molar-refractivity contribution is 5.14. The van der Waals surface area contributed by atoms with Crippen LogP contribution < -0.4 is 0 Å². The van der Waals surface area contributed by atoms with Gasteiger partial charge in [-0.2, -0.15) is 0 Å². The highest BCUT2D eigenvalue weighted by Gasteiger charge is 2.21. The highest BCUT2D eigenvalue weighted by Crippen LogP contribution is 2.23. The summed E-state index contributed by atoms with van der Waals surface area (Å²) in [5, 5.41) is 0. The molecule has 1 saturated heterocycles. The molecule has 16 heavy (non-hydrogen) atoms. The molecule has 1 fully saturated rings. The van der Waals surface area contributed by atoms with Crippen molar-refractivity contribution in [1.29, 1.82) is 0 Å². The van der Waals surface area contributed by atoms with Crippen LogP contribution >= 0.6 is 0 Å². The highest BCUT2D eigenvalue weighted by atomic mass is 15.2. The minimum absolute atomic E-state index is 0.186. The molecule has 1 aliphatic rings. The monoisotopic (exact) mass is 221 g/mol. The number of hydrogen-bond acceptors (Lipinski definition) is 2. The van der Waals surface area contributed by atoms with Crippen molar-refractivity contribution in [2.75, 3.05) is 13.1 Å². The van der Waals surface area contributed by atoms with E-state index in [2.05, 4.69) is 42.3 Å². The van der Waals surface area contributed by atoms with Gasteiger partial charge in [0.2, 0.25) is 0 Å². The van der Waals surface area contributed by atoms with Crippen molar-refractivity contribution in [1.82, 2.24) is 14.5 Å². The first-order valence-electron chi connectivity index (χ1n) is 6.22. The molecule has 0 radical (unpaired) electrons. The van der Waals surface area contributed by atoms with E-state index in [1.807, 2.05) is 6.20 Å². The molecule has 1 aromatic heterocycles. The van der Waals surface area contributed by atoms with Gasteiger partial charge in [0.1, 0.15) is 5.82 Å². The predicted octanol–water partition coefficient (Wildman–Crippen LogP) is 2.31. The summed E-state index contributed by atoms with van der Waals surface area (Å²) < 4.78 is 2.26. The Morgan fingerprint density at radius 3 is 2.38 bits per heavy atom. The molecule has 90 valence electrons. The molecule has 3 nitrogen and oxygen atoms in total. The van der Waals surface area contributed by atoms with Crippen molar-refractivity contribution >= 4 is 0 Å². The average molecular weight is 221 g/mol. The molecule has 0 saturated carbocycles. The molecule has 2 rings (SSSR count). The lowest BCUT2D eigenvalue weighted by Gasteiger charge is -2.20. The van der Waals surface area contributed by atoms with Gasteiger partial charge in [-0.25, -0.2) is 4.98 Å². The maximum atomic E-state index is 4.57. The summed E-state index contributed by atoms with van der Waals surface area (Å²) in [6.07, 6.45) is 4.72. The van der Waals surface area contributed by atoms with Crippen molar-refractivity contribution < 1.29 is 0 Å². The molecule has 1 aromatic rings. The van der Waals surface area contributed by atoms with Crippen molar-refractivity contribution in [2.45, 2.75) is 45.6 Å². The third-order valence-corrected chi connectivity index (χ3v) is 3.42. The van der Waals surface area contributed by atoms with Crippen molar-refractivity contribution in [3.05, 3.63) is 17.7 Å². The number of aromatic nitrogens is 2. The van der Waals surface area contributed by atoms with Gasteiger partial charge in [-0.15, -0.1) is 0 Å². The van der Waals surface area contributed by atoms with Crippen LogP contribution in [0, 0.1) is 0 Å². The Hall–Kier alpha value is -0.830. The summed E-state index contributed by atoms with van der Waals surface area (Å²) in [7, 11) is 2.14. The predicted molar refractivity (Wildman–Crippen MR) is 66.4 cm³/mol. The van der Waals surface area contributed by atoms with Gasteiger partial charge in [-0.05, 0) is 25.9 Å². The average Bonchev–Trinajstić information content (AvgIpc) is 2.76. The van der Waals surface area contributed by atoms with Gasteiger partial charge in [0, 0.05) is 24.4 Å². The molecule has 0 bridgehead atoms. The molecule has 0 aromatic carbocycles. The van der Waals surface area contributed by atoms with Gasteiger partial charge >= 0.3 is 0 Å². The van der Waals surface area contributed by atoms with Crippen LogP contribution in [0.2, 0.25) is 0 Å². The van der Waals surface area contributed by atoms with Gasteiger partial charge in [-0.1, -0.05) is 20.8 Å². The second-order valence-corrected chi connectivity index (χ2v) is 5.85. The molecule has 2 heterocycles. The molecule has 0 spiro atoms. The maximum Gasteiger partial charge on any atom is 0.122 e. The molecule has 0 unspecified atom stereocenters. The molecule has 0 aliphatic carbocycles. The summed E-state index contributed by atoms with van der Waals surface area (Å²) >= 11 is 0. The van der Waals surface area contributed by atoms with E-state index in [9.17, 15) is 0 Å². The topological polar surface area (TPSA) is 21.1 Å². The minimum Gasteiger partial charge on any atom is -0.334 e. The van der Waals surface area contributed by atoms with Gasteiger partial charge < -0.3 is 4.57 Å². The Balaban J connectivity index is 2.13. The number of hydrogen-bond donors (Lipinski definition) is 0. The standard InChI is InChI=1S/C13H23N3/c1-13(2,3)11-9-14-12(15(11)4)10-16-7-5-6-8-16/h9H,5-8,10H2,1-4H3. The Labute approximate surface area is 98.5 Å². The molecular weight excluding hydrogens is 198 g/mol. The summed E-state index contributed by atoms with van der Waals surface area (Å²) in [5.74, 6) is 1.20. The van der Waals surface area contributed by atoms with Crippen LogP contribution in [0.3, 0.4) is 0 Å². The van der Waals surface area contributed by atoms with E-state index in [0.29, 0.717) is 0 Å². The zero-order chi connectivity index (χ0) is 11.8. The Bertz CT molecular complexity index is 354. The zero-order valence-corrected chi connectivity index (χ0v) is 11.0. The molecule has 3 heteroatoms. The number of likely N-dealkylation sites (tertiary alicyclic amines) is 1. The van der Waals surface area contributed by atoms with E-state index in [0.717, 1.165) is 6.54 Å². The van der Waals surface area contributed by atoms with Crippen molar-refractivity contribution in [2.24, 2.45) is 7.05 Å². The molecule has 0 atom stereocenters. The summed E-state index contributed by atoms with van der Waals surface area (Å²) in [6.45, 7) is 10.2. The first-order valence-corrected chi connectivity index (χ1v) is 6.22. The Morgan fingerprint density at radius 1 is 1.25 bits per heavy atom. The van der Waals surface area contributed by atoms with Crippen LogP contribution in [-0.4, -0.2) is 27.5 Å². The van der Waals surface area contributed by atoms with E-state index in [1.54, 1.807) is 0 Å². The lowest BCUT2D eigenvalue weighted by molar-refractivity contribution is 0.317. The van der Waals surface area contributed by atoms with Crippen LogP contribution in [0.4, 0.5) is 0 Å². The first kappa shape index (κ1) is 11.6. The second-order valence-electron chi connectivity index (χ2n) is 5.85.